The van der Waals surface area contributed by atoms with Crippen LogP contribution < -0.4 is 10.1 Å². The molecule has 0 aliphatic carbocycles. The van der Waals surface area contributed by atoms with Gasteiger partial charge in [-0.2, -0.15) is 5.10 Å². The molecule has 1 aromatic heterocycles. The van der Waals surface area contributed by atoms with E-state index in [1.807, 2.05) is 54.6 Å². The van der Waals surface area contributed by atoms with Gasteiger partial charge in [-0.1, -0.05) is 50.3 Å². The summed E-state index contributed by atoms with van der Waals surface area (Å²) in [7, 11) is 1.65. The maximum absolute atomic E-state index is 12.5. The summed E-state index contributed by atoms with van der Waals surface area (Å²) >= 11 is 0. The van der Waals surface area contributed by atoms with Crippen molar-refractivity contribution < 1.29 is 9.53 Å². The number of nitrogens with zero attached hydrogens (tertiary/aromatic N) is 2. The molecule has 5 heteroatoms. The zero-order valence-corrected chi connectivity index (χ0v) is 18.1. The van der Waals surface area contributed by atoms with Gasteiger partial charge in [0.2, 0.25) is 5.91 Å². The molecule has 158 valence electrons. The Labute approximate surface area is 179 Å². The monoisotopic (exact) mass is 405 g/mol. The number of anilines is 1. The van der Waals surface area contributed by atoms with Gasteiger partial charge >= 0.3 is 0 Å². The lowest BCUT2D eigenvalue weighted by atomic mass is 10.1. The van der Waals surface area contributed by atoms with Gasteiger partial charge in [0, 0.05) is 18.1 Å². The van der Waals surface area contributed by atoms with E-state index >= 15 is 0 Å². The Morgan fingerprint density at radius 1 is 1.00 bits per heavy atom. The average Bonchev–Trinajstić information content (AvgIpc) is 3.17. The van der Waals surface area contributed by atoms with E-state index in [4.69, 9.17) is 9.84 Å². The molecule has 0 atom stereocenters. The highest BCUT2D eigenvalue weighted by atomic mass is 16.5. The minimum Gasteiger partial charge on any atom is -0.497 e. The number of rotatable bonds is 10. The van der Waals surface area contributed by atoms with E-state index in [-0.39, 0.29) is 5.91 Å². The summed E-state index contributed by atoms with van der Waals surface area (Å²) in [5.74, 6) is 1.51. The molecular formula is C25H31N3O2. The van der Waals surface area contributed by atoms with Crippen LogP contribution in [0, 0.1) is 6.92 Å². The molecule has 0 aliphatic rings. The number of methoxy groups -OCH3 is 1. The largest absolute Gasteiger partial charge is 0.497 e. The number of hydrogen-bond donors (Lipinski definition) is 1. The van der Waals surface area contributed by atoms with Crippen LogP contribution in [0.5, 0.6) is 5.75 Å². The smallest absolute Gasteiger partial charge is 0.225 e. The van der Waals surface area contributed by atoms with Gasteiger partial charge in [-0.25, -0.2) is 4.68 Å². The molecular weight excluding hydrogens is 374 g/mol. The quantitative estimate of drug-likeness (QED) is 0.411. The molecule has 0 saturated carbocycles. The molecule has 1 amide bonds. The summed E-state index contributed by atoms with van der Waals surface area (Å²) in [6, 6.07) is 17.8. The normalized spacial score (nSPS) is 10.8. The van der Waals surface area contributed by atoms with Gasteiger partial charge in [-0.15, -0.1) is 0 Å². The van der Waals surface area contributed by atoms with Gasteiger partial charge in [-0.3, -0.25) is 4.79 Å². The van der Waals surface area contributed by atoms with E-state index in [1.54, 1.807) is 11.8 Å². The van der Waals surface area contributed by atoms with Crippen LogP contribution in [0.15, 0.2) is 54.6 Å². The first kappa shape index (κ1) is 21.6. The van der Waals surface area contributed by atoms with Crippen LogP contribution in [0.3, 0.4) is 0 Å². The fraction of sp³-hybridized carbons (Fsp3) is 0.360. The molecule has 0 unspecified atom stereocenters. The molecule has 0 aliphatic heterocycles. The molecule has 5 nitrogen and oxygen atoms in total. The van der Waals surface area contributed by atoms with Crippen molar-refractivity contribution in [1.29, 1.82) is 0 Å². The van der Waals surface area contributed by atoms with Gasteiger partial charge in [0.15, 0.2) is 0 Å². The van der Waals surface area contributed by atoms with Gasteiger partial charge < -0.3 is 10.1 Å². The van der Waals surface area contributed by atoms with Crippen molar-refractivity contribution in [2.75, 3.05) is 12.4 Å². The lowest BCUT2D eigenvalue weighted by molar-refractivity contribution is -0.116. The fourth-order valence-corrected chi connectivity index (χ4v) is 3.35. The predicted octanol–water partition coefficient (Wildman–Crippen LogP) is 6.16. The highest BCUT2D eigenvalue weighted by Gasteiger charge is 2.14. The molecule has 0 bridgehead atoms. The molecule has 3 rings (SSSR count). The second-order valence-corrected chi connectivity index (χ2v) is 7.60. The maximum Gasteiger partial charge on any atom is 0.225 e. The number of carbonyl (C=O) groups is 1. The van der Waals surface area contributed by atoms with E-state index in [2.05, 4.69) is 19.2 Å². The second kappa shape index (κ2) is 10.6. The topological polar surface area (TPSA) is 56.1 Å². The highest BCUT2D eigenvalue weighted by Crippen LogP contribution is 2.27. The minimum atomic E-state index is 0.0287. The first-order valence-corrected chi connectivity index (χ1v) is 10.7. The number of aromatic nitrogens is 2. The third-order valence-corrected chi connectivity index (χ3v) is 5.15. The van der Waals surface area contributed by atoms with Gasteiger partial charge in [0.1, 0.15) is 11.6 Å². The Hall–Kier alpha value is -3.08. The number of carbonyl (C=O) groups excluding carboxylic acids is 1. The van der Waals surface area contributed by atoms with Gasteiger partial charge in [-0.05, 0) is 49.7 Å². The van der Waals surface area contributed by atoms with E-state index < -0.39 is 0 Å². The summed E-state index contributed by atoms with van der Waals surface area (Å²) in [6.07, 6.45) is 6.15. The van der Waals surface area contributed by atoms with Crippen molar-refractivity contribution in [3.63, 3.8) is 0 Å². The summed E-state index contributed by atoms with van der Waals surface area (Å²) in [4.78, 5) is 12.5. The maximum atomic E-state index is 12.5. The summed E-state index contributed by atoms with van der Waals surface area (Å²) in [5.41, 5.74) is 3.87. The van der Waals surface area contributed by atoms with Gasteiger partial charge in [0.05, 0.1) is 18.5 Å². The predicted molar refractivity (Wildman–Crippen MR) is 122 cm³/mol. The van der Waals surface area contributed by atoms with Crippen molar-refractivity contribution in [2.45, 2.75) is 52.4 Å². The molecule has 0 fully saturated rings. The Balaban J connectivity index is 1.81. The number of unbranched alkanes of at least 4 members (excludes halogenated alkanes) is 4. The number of nitrogens with one attached hydrogen (secondary N) is 1. The number of hydrogen-bond acceptors (Lipinski definition) is 3. The summed E-state index contributed by atoms with van der Waals surface area (Å²) in [5, 5.41) is 7.83. The number of aryl methyl sites for hydroxylation is 1. The summed E-state index contributed by atoms with van der Waals surface area (Å²) < 4.78 is 7.05. The molecule has 2 aromatic carbocycles. The zero-order valence-electron chi connectivity index (χ0n) is 18.1. The Morgan fingerprint density at radius 2 is 1.70 bits per heavy atom. The lowest BCUT2D eigenvalue weighted by Gasteiger charge is -2.09. The average molecular weight is 406 g/mol. The van der Waals surface area contributed by atoms with Crippen molar-refractivity contribution in [2.24, 2.45) is 0 Å². The lowest BCUT2D eigenvalue weighted by Crippen LogP contribution is -2.14. The van der Waals surface area contributed by atoms with Gasteiger partial charge in [0.25, 0.3) is 0 Å². The van der Waals surface area contributed by atoms with Crippen LogP contribution in [-0.4, -0.2) is 22.8 Å². The second-order valence-electron chi connectivity index (χ2n) is 7.60. The zero-order chi connectivity index (χ0) is 21.3. The summed E-state index contributed by atoms with van der Waals surface area (Å²) in [6.45, 7) is 4.25. The van der Waals surface area contributed by atoms with Crippen molar-refractivity contribution in [3.05, 3.63) is 60.2 Å². The Bertz CT molecular complexity index is 944. The van der Waals surface area contributed by atoms with Crippen molar-refractivity contribution in [3.8, 4) is 22.7 Å². The van der Waals surface area contributed by atoms with E-state index in [0.717, 1.165) is 35.5 Å². The van der Waals surface area contributed by atoms with E-state index in [9.17, 15) is 4.79 Å². The SMILES string of the molecule is CCCCCCCC(=O)Nc1cc(-c2ccc(OC)cc2)nn1-c1ccc(C)cc1. The number of benzene rings is 2. The van der Waals surface area contributed by atoms with Crippen LogP contribution in [0.2, 0.25) is 0 Å². The third kappa shape index (κ3) is 5.72. The van der Waals surface area contributed by atoms with Crippen LogP contribution in [-0.2, 0) is 4.79 Å². The molecule has 3 aromatic rings. The van der Waals surface area contributed by atoms with Crippen LogP contribution in [0.1, 0.15) is 51.0 Å². The van der Waals surface area contributed by atoms with Crippen molar-refractivity contribution in [1.82, 2.24) is 9.78 Å². The molecule has 1 N–H and O–H groups in total. The van der Waals surface area contributed by atoms with Crippen LogP contribution in [0.25, 0.3) is 16.9 Å². The highest BCUT2D eigenvalue weighted by molar-refractivity contribution is 5.90. The fourth-order valence-electron chi connectivity index (χ4n) is 3.35. The molecule has 0 radical (unpaired) electrons. The molecule has 30 heavy (non-hydrogen) atoms. The first-order chi connectivity index (χ1) is 14.6. The standard InChI is InChI=1S/C25H31N3O2/c1-4-5-6-7-8-9-25(29)26-24-18-23(20-12-16-22(30-3)17-13-20)27-28(24)21-14-10-19(2)11-15-21/h10-18H,4-9H2,1-3H3,(H,26,29). The van der Waals surface area contributed by atoms with Crippen molar-refractivity contribution >= 4 is 11.7 Å². The first-order valence-electron chi connectivity index (χ1n) is 10.7. The molecule has 0 saturated heterocycles. The molecule has 1 heterocycles. The molecule has 0 spiro atoms. The Morgan fingerprint density at radius 3 is 2.37 bits per heavy atom. The van der Waals surface area contributed by atoms with Crippen LogP contribution in [0.4, 0.5) is 5.82 Å². The van der Waals surface area contributed by atoms with E-state index in [1.165, 1.54) is 24.8 Å². The van der Waals surface area contributed by atoms with E-state index in [0.29, 0.717) is 12.2 Å². The third-order valence-electron chi connectivity index (χ3n) is 5.15. The minimum absolute atomic E-state index is 0.0287. The number of ether oxygens (including phenoxy) is 1. The van der Waals surface area contributed by atoms with Crippen LogP contribution >= 0.6 is 0 Å². The Kier molecular flexibility index (Phi) is 7.66. The number of amides is 1.